The van der Waals surface area contributed by atoms with E-state index in [0.29, 0.717) is 42.0 Å². The van der Waals surface area contributed by atoms with Crippen molar-refractivity contribution < 1.29 is 17.2 Å². The highest BCUT2D eigenvalue weighted by Gasteiger charge is 2.42. The van der Waals surface area contributed by atoms with Crippen LogP contribution in [-0.2, 0) is 10.0 Å². The molecule has 2 aliphatic heterocycles. The Morgan fingerprint density at radius 3 is 2.71 bits per heavy atom. The quantitative estimate of drug-likeness (QED) is 0.601. The number of sulfonamides is 1. The van der Waals surface area contributed by atoms with Gasteiger partial charge in [-0.3, -0.25) is 4.40 Å². The molecule has 0 aromatic carbocycles. The van der Waals surface area contributed by atoms with Crippen molar-refractivity contribution in [3.8, 4) is 11.5 Å². The molecule has 0 bridgehead atoms. The molecule has 164 valence electrons. The van der Waals surface area contributed by atoms with Gasteiger partial charge in [0.1, 0.15) is 17.2 Å². The van der Waals surface area contributed by atoms with Crippen LogP contribution < -0.4 is 4.90 Å². The van der Waals surface area contributed by atoms with Crippen molar-refractivity contribution in [1.29, 1.82) is 0 Å². The lowest BCUT2D eigenvalue weighted by molar-refractivity contribution is 0.145. The average Bonchev–Trinajstić information content (AvgIpc) is 3.36. The fraction of sp³-hybridized carbons (Fsp3) is 0.474. The lowest BCUT2D eigenvalue weighted by Gasteiger charge is -2.38. The Kier molecular flexibility index (Phi) is 4.85. The third-order valence-corrected chi connectivity index (χ3v) is 7.38. The summed E-state index contributed by atoms with van der Waals surface area (Å²) in [5.74, 6) is 1.37. The second-order valence-corrected chi connectivity index (χ2v) is 9.88. The van der Waals surface area contributed by atoms with Crippen LogP contribution in [0.1, 0.15) is 25.0 Å². The van der Waals surface area contributed by atoms with Crippen molar-refractivity contribution in [2.45, 2.75) is 25.3 Å². The number of rotatable bonds is 4. The minimum atomic E-state index is -3.26. The number of imidazole rings is 1. The third kappa shape index (κ3) is 3.63. The maximum Gasteiger partial charge on any atom is 0.281 e. The van der Waals surface area contributed by atoms with E-state index in [1.165, 1.54) is 29.2 Å². The van der Waals surface area contributed by atoms with Gasteiger partial charge in [0.2, 0.25) is 10.0 Å². The smallest absolute Gasteiger partial charge is 0.281 e. The van der Waals surface area contributed by atoms with Gasteiger partial charge in [-0.15, -0.1) is 0 Å². The zero-order valence-electron chi connectivity index (χ0n) is 16.8. The summed E-state index contributed by atoms with van der Waals surface area (Å²) < 4.78 is 53.6. The van der Waals surface area contributed by atoms with Gasteiger partial charge in [0.15, 0.2) is 11.5 Å². The summed E-state index contributed by atoms with van der Waals surface area (Å²) in [5, 5.41) is 0. The van der Waals surface area contributed by atoms with Crippen molar-refractivity contribution in [3.63, 3.8) is 0 Å². The van der Waals surface area contributed by atoms with Crippen molar-refractivity contribution in [2.75, 3.05) is 30.8 Å². The molecule has 2 saturated heterocycles. The van der Waals surface area contributed by atoms with Crippen molar-refractivity contribution >= 4 is 21.5 Å². The van der Waals surface area contributed by atoms with Crippen LogP contribution in [-0.4, -0.2) is 69.0 Å². The largest absolute Gasteiger partial charge is 0.355 e. The molecule has 5 rings (SSSR count). The Hall–Kier alpha value is -2.73. The van der Waals surface area contributed by atoms with Crippen molar-refractivity contribution in [3.05, 3.63) is 36.5 Å². The fourth-order valence-electron chi connectivity index (χ4n) is 4.55. The second-order valence-electron chi connectivity index (χ2n) is 7.95. The van der Waals surface area contributed by atoms with Gasteiger partial charge in [-0.25, -0.2) is 37.1 Å². The molecule has 0 saturated carbocycles. The van der Waals surface area contributed by atoms with Crippen LogP contribution in [0.15, 0.2) is 30.9 Å². The molecule has 0 amide bonds. The monoisotopic (exact) mass is 449 g/mol. The number of hydrogen-bond donors (Lipinski definition) is 0. The third-order valence-electron chi connectivity index (χ3n) is 6.07. The highest BCUT2D eigenvalue weighted by atomic mass is 32.2. The molecule has 3 aromatic rings. The van der Waals surface area contributed by atoms with E-state index in [1.54, 1.807) is 16.6 Å². The molecular weight excluding hydrogens is 428 g/mol. The lowest BCUT2D eigenvalue weighted by Crippen LogP contribution is -2.49. The van der Waals surface area contributed by atoms with Crippen LogP contribution in [0.25, 0.3) is 17.2 Å². The maximum absolute atomic E-state index is 13.1. The zero-order chi connectivity index (χ0) is 21.8. The number of hydrogen-bond acceptors (Lipinski definition) is 7. The van der Waals surface area contributed by atoms with Crippen LogP contribution in [0.5, 0.6) is 0 Å². The van der Waals surface area contributed by atoms with E-state index in [0.717, 1.165) is 19.4 Å². The predicted octanol–water partition coefficient (Wildman–Crippen LogP) is 1.98. The molecule has 31 heavy (non-hydrogen) atoms. The van der Waals surface area contributed by atoms with E-state index in [1.807, 2.05) is 0 Å². The van der Waals surface area contributed by atoms with Crippen molar-refractivity contribution in [1.82, 2.24) is 28.6 Å². The van der Waals surface area contributed by atoms with E-state index in [-0.39, 0.29) is 11.7 Å². The first-order valence-electron chi connectivity index (χ1n) is 9.97. The highest BCUT2D eigenvalue weighted by Crippen LogP contribution is 2.34. The molecule has 2 aliphatic rings. The second kappa shape index (κ2) is 7.45. The minimum Gasteiger partial charge on any atom is -0.355 e. The summed E-state index contributed by atoms with van der Waals surface area (Å²) in [6.07, 6.45) is 5.99. The minimum absolute atomic E-state index is 0.0716. The summed E-state index contributed by atoms with van der Waals surface area (Å²) in [4.78, 5) is 18.9. The molecule has 0 spiro atoms. The number of nitrogens with zero attached hydrogens (tertiary/aromatic N) is 7. The van der Waals surface area contributed by atoms with Gasteiger partial charge in [-0.2, -0.15) is 4.31 Å². The molecule has 5 heterocycles. The van der Waals surface area contributed by atoms with Crippen LogP contribution in [0.2, 0.25) is 0 Å². The molecule has 2 unspecified atom stereocenters. The van der Waals surface area contributed by atoms with Gasteiger partial charge < -0.3 is 4.90 Å². The zero-order valence-corrected chi connectivity index (χ0v) is 17.6. The van der Waals surface area contributed by atoms with E-state index in [2.05, 4.69) is 24.8 Å². The fourth-order valence-corrected chi connectivity index (χ4v) is 5.72. The maximum atomic E-state index is 13.1. The SMILES string of the molecule is CS(=O)(=O)N1CCC2CCN(c3ccnc(-c4cnc5cnc(C(F)F)cn45)n3)CC21. The molecule has 12 heteroatoms. The molecular formula is C19H21F2N7O2S. The number of alkyl halides is 2. The Morgan fingerprint density at radius 1 is 1.13 bits per heavy atom. The number of piperidine rings is 1. The predicted molar refractivity (Wildman–Crippen MR) is 109 cm³/mol. The molecule has 2 fully saturated rings. The summed E-state index contributed by atoms with van der Waals surface area (Å²) >= 11 is 0. The highest BCUT2D eigenvalue weighted by molar-refractivity contribution is 7.88. The Bertz CT molecular complexity index is 1230. The van der Waals surface area contributed by atoms with Gasteiger partial charge in [0.05, 0.1) is 18.6 Å². The summed E-state index contributed by atoms with van der Waals surface area (Å²) in [7, 11) is -3.26. The number of fused-ring (bicyclic) bond motifs is 2. The topological polar surface area (TPSA) is 96.6 Å². The lowest BCUT2D eigenvalue weighted by atomic mass is 9.92. The van der Waals surface area contributed by atoms with Crippen LogP contribution in [0.4, 0.5) is 14.6 Å². The summed E-state index contributed by atoms with van der Waals surface area (Å²) in [6.45, 7) is 1.88. The Morgan fingerprint density at radius 2 is 1.94 bits per heavy atom. The summed E-state index contributed by atoms with van der Waals surface area (Å²) in [6, 6.07) is 1.71. The molecule has 0 radical (unpaired) electrons. The van der Waals surface area contributed by atoms with Gasteiger partial charge in [0, 0.05) is 38.1 Å². The van der Waals surface area contributed by atoms with E-state index in [4.69, 9.17) is 0 Å². The van der Waals surface area contributed by atoms with E-state index in [9.17, 15) is 17.2 Å². The first-order chi connectivity index (χ1) is 14.8. The van der Waals surface area contributed by atoms with Gasteiger partial charge >= 0.3 is 0 Å². The first kappa shape index (κ1) is 20.2. The van der Waals surface area contributed by atoms with E-state index >= 15 is 0 Å². The van der Waals surface area contributed by atoms with Gasteiger partial charge in [-0.05, 0) is 24.8 Å². The summed E-state index contributed by atoms with van der Waals surface area (Å²) in [5.41, 5.74) is 0.547. The number of aromatic nitrogens is 5. The standard InChI is InChI=1S/C19H21F2N7O2S/c1-31(29,30)28-7-4-12-3-6-26(11-15(12)28)16-2-5-22-19(25-16)14-8-24-17-9-23-13(18(20)21)10-27(14)17/h2,5,8-10,12,15,18H,3-4,6-7,11H2,1H3. The van der Waals surface area contributed by atoms with Gasteiger partial charge in [0.25, 0.3) is 6.43 Å². The Labute approximate surface area is 177 Å². The number of halogens is 2. The normalized spacial score (nSPS) is 22.4. The molecule has 9 nitrogen and oxygen atoms in total. The van der Waals surface area contributed by atoms with Crippen molar-refractivity contribution in [2.24, 2.45) is 5.92 Å². The van der Waals surface area contributed by atoms with Crippen LogP contribution in [0, 0.1) is 5.92 Å². The van der Waals surface area contributed by atoms with Crippen LogP contribution >= 0.6 is 0 Å². The molecule has 0 aliphatic carbocycles. The van der Waals surface area contributed by atoms with Gasteiger partial charge in [-0.1, -0.05) is 0 Å². The molecule has 3 aromatic heterocycles. The molecule has 2 atom stereocenters. The number of anilines is 1. The average molecular weight is 449 g/mol. The van der Waals surface area contributed by atoms with E-state index < -0.39 is 16.4 Å². The molecule has 0 N–H and O–H groups in total. The first-order valence-corrected chi connectivity index (χ1v) is 11.8. The van der Waals surface area contributed by atoms with Crippen LogP contribution in [0.3, 0.4) is 0 Å². The Balaban J connectivity index is 1.46.